The number of aromatic nitrogens is 7. The second kappa shape index (κ2) is 8.99. The lowest BCUT2D eigenvalue weighted by molar-refractivity contribution is 0.102. The Morgan fingerprint density at radius 3 is 2.54 bits per heavy atom. The molecule has 0 aliphatic carbocycles. The summed E-state index contributed by atoms with van der Waals surface area (Å²) in [6, 6.07) is 9.17. The molecule has 0 unspecified atom stereocenters. The van der Waals surface area contributed by atoms with E-state index in [2.05, 4.69) is 27.5 Å². The molecular formula is C25H25ClN8O. The minimum Gasteiger partial charge on any atom is -0.319 e. The number of hydrogen-bond donors (Lipinski definition) is 1. The molecule has 178 valence electrons. The molecule has 10 heteroatoms. The van der Waals surface area contributed by atoms with Gasteiger partial charge >= 0.3 is 0 Å². The largest absolute Gasteiger partial charge is 0.319 e. The van der Waals surface area contributed by atoms with Crippen LogP contribution in [0.2, 0.25) is 5.02 Å². The van der Waals surface area contributed by atoms with E-state index < -0.39 is 0 Å². The van der Waals surface area contributed by atoms with Crippen molar-refractivity contribution in [3.05, 3.63) is 76.5 Å². The zero-order chi connectivity index (χ0) is 24.7. The first-order chi connectivity index (χ1) is 16.8. The molecule has 0 saturated carbocycles. The topological polar surface area (TPSA) is 95.5 Å². The Kier molecular flexibility index (Phi) is 5.86. The zero-order valence-corrected chi connectivity index (χ0v) is 20.7. The normalized spacial score (nSPS) is 11.3. The van der Waals surface area contributed by atoms with E-state index in [4.69, 9.17) is 16.6 Å². The van der Waals surface area contributed by atoms with Gasteiger partial charge in [0.15, 0.2) is 5.65 Å². The standard InChI is InChI=1S/C25H25ClN8O/c1-5-33-12-18(15(2)31-33)13-34-14-20(11-27-34)28-25(35)21-10-22(17-6-8-19(26)9-7-17)29-24-23(21)16(3)30-32(24)4/h6-12,14H,5,13H2,1-4H3,(H,28,35). The SMILES string of the molecule is CCn1cc(Cn2cc(NC(=O)c3cc(-c4ccc(Cl)cc4)nc4c3c(C)nn4C)cn2)c(C)n1. The van der Waals surface area contributed by atoms with Gasteiger partial charge in [-0.1, -0.05) is 23.7 Å². The average Bonchev–Trinajstić information content (AvgIpc) is 3.51. The van der Waals surface area contributed by atoms with Gasteiger partial charge in [-0.15, -0.1) is 0 Å². The minimum atomic E-state index is -0.252. The fraction of sp³-hybridized carbons (Fsp3) is 0.240. The number of benzene rings is 1. The third-order valence-electron chi connectivity index (χ3n) is 5.95. The molecule has 1 aromatic carbocycles. The highest BCUT2D eigenvalue weighted by Crippen LogP contribution is 2.28. The number of carbonyl (C=O) groups excluding carboxylic acids is 1. The van der Waals surface area contributed by atoms with Gasteiger partial charge in [-0.2, -0.15) is 15.3 Å². The second-order valence-corrected chi connectivity index (χ2v) is 8.88. The lowest BCUT2D eigenvalue weighted by atomic mass is 10.0. The summed E-state index contributed by atoms with van der Waals surface area (Å²) >= 11 is 6.05. The zero-order valence-electron chi connectivity index (χ0n) is 19.9. The van der Waals surface area contributed by atoms with Crippen LogP contribution in [-0.4, -0.2) is 40.2 Å². The molecule has 5 aromatic rings. The molecule has 0 bridgehead atoms. The predicted octanol–water partition coefficient (Wildman–Crippen LogP) is 4.62. The van der Waals surface area contributed by atoms with Gasteiger partial charge in [-0.3, -0.25) is 18.8 Å². The Morgan fingerprint density at radius 1 is 1.06 bits per heavy atom. The molecule has 0 saturated heterocycles. The fourth-order valence-corrected chi connectivity index (χ4v) is 4.28. The molecule has 35 heavy (non-hydrogen) atoms. The molecule has 5 rings (SSSR count). The van der Waals surface area contributed by atoms with Crippen molar-refractivity contribution < 1.29 is 4.79 Å². The number of carbonyl (C=O) groups is 1. The summed E-state index contributed by atoms with van der Waals surface area (Å²) in [4.78, 5) is 18.2. The maximum atomic E-state index is 13.4. The van der Waals surface area contributed by atoms with Gasteiger partial charge in [-0.05, 0) is 39.0 Å². The van der Waals surface area contributed by atoms with Crippen molar-refractivity contribution >= 4 is 34.2 Å². The van der Waals surface area contributed by atoms with Gasteiger partial charge < -0.3 is 5.32 Å². The molecule has 0 spiro atoms. The monoisotopic (exact) mass is 488 g/mol. The maximum absolute atomic E-state index is 13.4. The van der Waals surface area contributed by atoms with Crippen LogP contribution in [0.3, 0.4) is 0 Å². The Labute approximate surface area is 207 Å². The third kappa shape index (κ3) is 4.42. The van der Waals surface area contributed by atoms with Gasteiger partial charge in [0.05, 0.1) is 46.5 Å². The maximum Gasteiger partial charge on any atom is 0.256 e. The minimum absolute atomic E-state index is 0.252. The predicted molar refractivity (Wildman–Crippen MR) is 136 cm³/mol. The van der Waals surface area contributed by atoms with Crippen LogP contribution in [0.5, 0.6) is 0 Å². The van der Waals surface area contributed by atoms with Crippen LogP contribution in [0, 0.1) is 13.8 Å². The quantitative estimate of drug-likeness (QED) is 0.376. The lowest BCUT2D eigenvalue weighted by Crippen LogP contribution is -2.13. The molecule has 1 amide bonds. The van der Waals surface area contributed by atoms with Crippen LogP contribution in [0.1, 0.15) is 34.2 Å². The first-order valence-electron chi connectivity index (χ1n) is 11.3. The Balaban J connectivity index is 1.46. The van der Waals surface area contributed by atoms with Crippen molar-refractivity contribution in [3.8, 4) is 11.3 Å². The number of fused-ring (bicyclic) bond motifs is 1. The fourth-order valence-electron chi connectivity index (χ4n) is 4.16. The summed E-state index contributed by atoms with van der Waals surface area (Å²) in [5.41, 5.74) is 6.06. The Bertz CT molecular complexity index is 1540. The highest BCUT2D eigenvalue weighted by atomic mass is 35.5. The van der Waals surface area contributed by atoms with E-state index in [9.17, 15) is 4.79 Å². The number of aryl methyl sites for hydroxylation is 4. The average molecular weight is 489 g/mol. The van der Waals surface area contributed by atoms with E-state index in [1.54, 1.807) is 33.8 Å². The smallest absolute Gasteiger partial charge is 0.256 e. The number of pyridine rings is 1. The molecule has 4 aromatic heterocycles. The van der Waals surface area contributed by atoms with E-state index in [0.29, 0.717) is 34.2 Å². The molecular weight excluding hydrogens is 464 g/mol. The molecule has 9 nitrogen and oxygen atoms in total. The first-order valence-corrected chi connectivity index (χ1v) is 11.7. The van der Waals surface area contributed by atoms with E-state index in [1.165, 1.54) is 0 Å². The van der Waals surface area contributed by atoms with Crippen LogP contribution < -0.4 is 5.32 Å². The molecule has 0 radical (unpaired) electrons. The van der Waals surface area contributed by atoms with Crippen molar-refractivity contribution in [2.75, 3.05) is 5.32 Å². The van der Waals surface area contributed by atoms with Crippen molar-refractivity contribution in [1.29, 1.82) is 0 Å². The summed E-state index contributed by atoms with van der Waals surface area (Å²) in [5.74, 6) is -0.252. The van der Waals surface area contributed by atoms with Gasteiger partial charge in [0, 0.05) is 42.1 Å². The number of nitrogens with zero attached hydrogens (tertiary/aromatic N) is 7. The summed E-state index contributed by atoms with van der Waals surface area (Å²) in [5, 5.41) is 17.7. The Morgan fingerprint density at radius 2 is 1.83 bits per heavy atom. The van der Waals surface area contributed by atoms with Crippen molar-refractivity contribution in [2.45, 2.75) is 33.9 Å². The van der Waals surface area contributed by atoms with Crippen LogP contribution in [0.15, 0.2) is 48.9 Å². The molecule has 0 fully saturated rings. The number of rotatable bonds is 6. The number of amides is 1. The first kappa shape index (κ1) is 22.8. The van der Waals surface area contributed by atoms with E-state index >= 15 is 0 Å². The third-order valence-corrected chi connectivity index (χ3v) is 6.20. The summed E-state index contributed by atoms with van der Waals surface area (Å²) in [6.07, 6.45) is 5.48. The van der Waals surface area contributed by atoms with E-state index in [0.717, 1.165) is 34.4 Å². The van der Waals surface area contributed by atoms with Crippen molar-refractivity contribution in [1.82, 2.24) is 34.3 Å². The highest BCUT2D eigenvalue weighted by Gasteiger charge is 2.20. The van der Waals surface area contributed by atoms with Crippen LogP contribution in [0.4, 0.5) is 5.69 Å². The van der Waals surface area contributed by atoms with Gasteiger partial charge in [0.2, 0.25) is 0 Å². The Hall–Kier alpha value is -3.98. The molecule has 4 heterocycles. The van der Waals surface area contributed by atoms with E-state index in [1.807, 2.05) is 50.1 Å². The summed E-state index contributed by atoms with van der Waals surface area (Å²) in [7, 11) is 1.82. The highest BCUT2D eigenvalue weighted by molar-refractivity contribution is 6.30. The summed E-state index contributed by atoms with van der Waals surface area (Å²) in [6.45, 7) is 7.30. The lowest BCUT2D eigenvalue weighted by Gasteiger charge is -2.09. The number of nitrogens with one attached hydrogen (secondary N) is 1. The second-order valence-electron chi connectivity index (χ2n) is 8.45. The van der Waals surface area contributed by atoms with E-state index in [-0.39, 0.29) is 5.91 Å². The number of anilines is 1. The van der Waals surface area contributed by atoms with Crippen LogP contribution >= 0.6 is 11.6 Å². The summed E-state index contributed by atoms with van der Waals surface area (Å²) < 4.78 is 5.38. The van der Waals surface area contributed by atoms with Crippen LogP contribution in [-0.2, 0) is 20.1 Å². The van der Waals surface area contributed by atoms with Gasteiger partial charge in [-0.25, -0.2) is 4.98 Å². The molecule has 0 aliphatic rings. The molecule has 0 aliphatic heterocycles. The molecule has 1 N–H and O–H groups in total. The number of halogens is 1. The number of hydrogen-bond acceptors (Lipinski definition) is 5. The van der Waals surface area contributed by atoms with Gasteiger partial charge in [0.1, 0.15) is 0 Å². The van der Waals surface area contributed by atoms with Crippen molar-refractivity contribution in [3.63, 3.8) is 0 Å². The van der Waals surface area contributed by atoms with Gasteiger partial charge in [0.25, 0.3) is 5.91 Å². The molecule has 0 atom stereocenters. The van der Waals surface area contributed by atoms with Crippen LogP contribution in [0.25, 0.3) is 22.3 Å². The van der Waals surface area contributed by atoms with Crippen molar-refractivity contribution in [2.24, 2.45) is 7.05 Å².